The maximum absolute atomic E-state index is 12.4. The van der Waals surface area contributed by atoms with Gasteiger partial charge in [0.1, 0.15) is 0 Å². The van der Waals surface area contributed by atoms with Crippen molar-refractivity contribution >= 4 is 44.9 Å². The van der Waals surface area contributed by atoms with Crippen LogP contribution in [0.3, 0.4) is 0 Å². The topological polar surface area (TPSA) is 87.8 Å². The van der Waals surface area contributed by atoms with E-state index in [9.17, 15) is 14.9 Å². The molecule has 2 heterocycles. The van der Waals surface area contributed by atoms with Gasteiger partial charge < -0.3 is 4.90 Å². The summed E-state index contributed by atoms with van der Waals surface area (Å²) in [7, 11) is 0. The van der Waals surface area contributed by atoms with Crippen molar-refractivity contribution in [2.45, 2.75) is 26.2 Å². The van der Waals surface area contributed by atoms with Crippen molar-refractivity contribution in [3.8, 4) is 0 Å². The average molecular weight is 423 g/mol. The largest absolute Gasteiger partial charge is 0.372 e. The molecule has 154 valence electrons. The van der Waals surface area contributed by atoms with Crippen LogP contribution in [0.25, 0.3) is 10.1 Å². The maximum atomic E-state index is 12.4. The maximum Gasteiger partial charge on any atom is 0.281 e. The van der Waals surface area contributed by atoms with Gasteiger partial charge in [0.2, 0.25) is 0 Å². The van der Waals surface area contributed by atoms with E-state index in [-0.39, 0.29) is 11.6 Å². The fraction of sp³-hybridized carbons (Fsp3) is 0.273. The summed E-state index contributed by atoms with van der Waals surface area (Å²) in [5, 5.41) is 15.7. The molecule has 7 nitrogen and oxygen atoms in total. The number of amides is 1. The number of fused-ring (bicyclic) bond motifs is 1. The van der Waals surface area contributed by atoms with Gasteiger partial charge in [-0.15, -0.1) is 11.3 Å². The van der Waals surface area contributed by atoms with E-state index in [2.05, 4.69) is 27.6 Å². The van der Waals surface area contributed by atoms with Crippen molar-refractivity contribution in [3.63, 3.8) is 0 Å². The first kappa shape index (κ1) is 20.0. The molecule has 1 aliphatic rings. The molecule has 0 aliphatic carbocycles. The lowest BCUT2D eigenvalue weighted by Gasteiger charge is -2.29. The van der Waals surface area contributed by atoms with E-state index in [1.165, 1.54) is 48.4 Å². The minimum Gasteiger partial charge on any atom is -0.372 e. The van der Waals surface area contributed by atoms with Gasteiger partial charge >= 0.3 is 0 Å². The van der Waals surface area contributed by atoms with E-state index in [1.54, 1.807) is 18.3 Å². The molecule has 1 saturated heterocycles. The number of nitro groups is 1. The monoisotopic (exact) mass is 422 g/mol. The molecule has 0 radical (unpaired) electrons. The first-order chi connectivity index (χ1) is 14.5. The highest BCUT2D eigenvalue weighted by molar-refractivity contribution is 7.20. The van der Waals surface area contributed by atoms with Crippen molar-refractivity contribution in [2.24, 2.45) is 5.10 Å². The number of nitro benzene ring substituents is 1. The van der Waals surface area contributed by atoms with Crippen LogP contribution in [0.1, 0.15) is 40.1 Å². The second kappa shape index (κ2) is 8.62. The number of anilines is 1. The van der Waals surface area contributed by atoms with Gasteiger partial charge in [0.25, 0.3) is 11.6 Å². The van der Waals surface area contributed by atoms with Crippen LogP contribution in [-0.4, -0.2) is 30.1 Å². The van der Waals surface area contributed by atoms with Gasteiger partial charge in [-0.3, -0.25) is 14.9 Å². The van der Waals surface area contributed by atoms with Crippen molar-refractivity contribution < 1.29 is 9.72 Å². The molecule has 2 aromatic carbocycles. The number of non-ortho nitro benzene ring substituents is 1. The Labute approximate surface area is 178 Å². The van der Waals surface area contributed by atoms with Gasteiger partial charge in [0.15, 0.2) is 0 Å². The summed E-state index contributed by atoms with van der Waals surface area (Å²) in [5.41, 5.74) is 5.83. The molecule has 1 N–H and O–H groups in total. The van der Waals surface area contributed by atoms with Crippen LogP contribution < -0.4 is 10.3 Å². The van der Waals surface area contributed by atoms with Gasteiger partial charge in [-0.1, -0.05) is 6.07 Å². The summed E-state index contributed by atoms with van der Waals surface area (Å²) in [5.74, 6) is -0.335. The Hall–Kier alpha value is -3.26. The summed E-state index contributed by atoms with van der Waals surface area (Å²) in [6.45, 7) is 4.23. The zero-order chi connectivity index (χ0) is 21.1. The standard InChI is InChI=1S/C22H22N4O3S/c1-15-11-18(25-9-3-2-4-10-25)6-5-16(15)14-23-24-22(27)21-13-17-12-19(26(28)29)7-8-20(17)30-21/h5-8,11-14H,2-4,9-10H2,1H3,(H,24,27). The van der Waals surface area contributed by atoms with E-state index >= 15 is 0 Å². The molecule has 1 fully saturated rings. The normalized spacial score (nSPS) is 14.4. The van der Waals surface area contributed by atoms with Crippen LogP contribution in [0.15, 0.2) is 47.6 Å². The Morgan fingerprint density at radius 2 is 1.97 bits per heavy atom. The highest BCUT2D eigenvalue weighted by Crippen LogP contribution is 2.29. The van der Waals surface area contributed by atoms with E-state index in [0.29, 0.717) is 10.3 Å². The van der Waals surface area contributed by atoms with Gasteiger partial charge in [-0.05, 0) is 61.6 Å². The highest BCUT2D eigenvalue weighted by Gasteiger charge is 2.14. The van der Waals surface area contributed by atoms with Crippen LogP contribution in [0.5, 0.6) is 0 Å². The first-order valence-corrected chi connectivity index (χ1v) is 10.7. The number of benzene rings is 2. The number of hydrogen-bond donors (Lipinski definition) is 1. The van der Waals surface area contributed by atoms with Crippen molar-refractivity contribution in [1.82, 2.24) is 5.43 Å². The Bertz CT molecular complexity index is 1130. The van der Waals surface area contributed by atoms with Crippen LogP contribution in [0.4, 0.5) is 11.4 Å². The molecule has 8 heteroatoms. The van der Waals surface area contributed by atoms with Crippen molar-refractivity contribution in [3.05, 3.63) is 68.6 Å². The minimum atomic E-state index is -0.444. The number of rotatable bonds is 5. The molecule has 0 spiro atoms. The van der Waals surface area contributed by atoms with Crippen molar-refractivity contribution in [1.29, 1.82) is 0 Å². The third kappa shape index (κ3) is 4.33. The van der Waals surface area contributed by atoms with Crippen molar-refractivity contribution in [2.75, 3.05) is 18.0 Å². The molecule has 3 aromatic rings. The number of carbonyl (C=O) groups excluding carboxylic acids is 1. The van der Waals surface area contributed by atoms with E-state index in [4.69, 9.17) is 0 Å². The number of hydrogen-bond acceptors (Lipinski definition) is 6. The second-order valence-electron chi connectivity index (χ2n) is 7.38. The summed E-state index contributed by atoms with van der Waals surface area (Å²) < 4.78 is 0.818. The molecule has 0 unspecified atom stereocenters. The zero-order valence-electron chi connectivity index (χ0n) is 16.6. The summed E-state index contributed by atoms with van der Waals surface area (Å²) in [6, 6.07) is 12.5. The Morgan fingerprint density at radius 3 is 2.70 bits per heavy atom. The number of aryl methyl sites for hydroxylation is 1. The predicted molar refractivity (Wildman–Crippen MR) is 121 cm³/mol. The van der Waals surface area contributed by atoms with Crippen LogP contribution >= 0.6 is 11.3 Å². The van der Waals surface area contributed by atoms with Gasteiger partial charge in [-0.2, -0.15) is 5.10 Å². The van der Waals surface area contributed by atoms with Gasteiger partial charge in [0, 0.05) is 41.0 Å². The Kier molecular flexibility index (Phi) is 5.76. The second-order valence-corrected chi connectivity index (χ2v) is 8.46. The van der Waals surface area contributed by atoms with Crippen LogP contribution in [0, 0.1) is 17.0 Å². The molecule has 30 heavy (non-hydrogen) atoms. The molecular weight excluding hydrogens is 400 g/mol. The lowest BCUT2D eigenvalue weighted by Crippen LogP contribution is -2.29. The predicted octanol–water partition coefficient (Wildman–Crippen LogP) is 4.87. The van der Waals surface area contributed by atoms with Gasteiger partial charge in [0.05, 0.1) is 16.0 Å². The summed E-state index contributed by atoms with van der Waals surface area (Å²) >= 11 is 1.28. The molecule has 4 rings (SSSR count). The van der Waals surface area contributed by atoms with Crippen LogP contribution in [0.2, 0.25) is 0 Å². The highest BCUT2D eigenvalue weighted by atomic mass is 32.1. The molecule has 0 bridgehead atoms. The molecule has 1 aliphatic heterocycles. The number of nitrogens with one attached hydrogen (secondary N) is 1. The lowest BCUT2D eigenvalue weighted by atomic mass is 10.1. The Morgan fingerprint density at radius 1 is 1.17 bits per heavy atom. The number of hydrazone groups is 1. The molecule has 0 atom stereocenters. The summed E-state index contributed by atoms with van der Waals surface area (Å²) in [4.78, 5) is 25.7. The third-order valence-corrected chi connectivity index (χ3v) is 6.39. The zero-order valence-corrected chi connectivity index (χ0v) is 17.4. The average Bonchev–Trinajstić information content (AvgIpc) is 3.19. The molecular formula is C22H22N4O3S. The number of nitrogens with zero attached hydrogens (tertiary/aromatic N) is 3. The van der Waals surface area contributed by atoms with E-state index < -0.39 is 4.92 Å². The number of thiophene rings is 1. The Balaban J connectivity index is 1.43. The quantitative estimate of drug-likeness (QED) is 0.361. The number of piperidine rings is 1. The van der Waals surface area contributed by atoms with E-state index in [1.807, 2.05) is 13.0 Å². The van der Waals surface area contributed by atoms with E-state index in [0.717, 1.165) is 28.9 Å². The van der Waals surface area contributed by atoms with Crippen LogP contribution in [-0.2, 0) is 0 Å². The number of carbonyl (C=O) groups is 1. The SMILES string of the molecule is Cc1cc(N2CCCCC2)ccc1C=NNC(=O)c1cc2cc([N+](=O)[O-])ccc2s1. The third-order valence-electron chi connectivity index (χ3n) is 5.28. The molecule has 0 saturated carbocycles. The fourth-order valence-corrected chi connectivity index (χ4v) is 4.56. The van der Waals surface area contributed by atoms with Gasteiger partial charge in [-0.25, -0.2) is 5.43 Å². The first-order valence-electron chi connectivity index (χ1n) is 9.88. The molecule has 1 amide bonds. The minimum absolute atomic E-state index is 0.00811. The fourth-order valence-electron chi connectivity index (χ4n) is 3.63. The smallest absolute Gasteiger partial charge is 0.281 e. The lowest BCUT2D eigenvalue weighted by molar-refractivity contribution is -0.384. The molecule has 1 aromatic heterocycles. The summed E-state index contributed by atoms with van der Waals surface area (Å²) in [6.07, 6.45) is 5.42.